The molecule has 3 heterocycles. The second-order valence-electron chi connectivity index (χ2n) is 5.55. The Bertz CT molecular complexity index is 479. The summed E-state index contributed by atoms with van der Waals surface area (Å²) in [7, 11) is 0. The van der Waals surface area contributed by atoms with Gasteiger partial charge in [-0.05, 0) is 18.9 Å². The number of carbonyl (C=O) groups excluding carboxylic acids is 1. The fraction of sp³-hybridized carbons (Fsp3) is 0.667. The quantitative estimate of drug-likeness (QED) is 0.845. The summed E-state index contributed by atoms with van der Waals surface area (Å²) in [6.07, 6.45) is 6.24. The molecule has 3 rings (SSSR count). The third kappa shape index (κ3) is 4.07. The van der Waals surface area contributed by atoms with E-state index in [1.54, 1.807) is 23.4 Å². The number of amides is 1. The Morgan fingerprint density at radius 1 is 1.18 bits per heavy atom. The molecule has 2 saturated heterocycles. The summed E-state index contributed by atoms with van der Waals surface area (Å²) in [5, 5.41) is 0. The Morgan fingerprint density at radius 2 is 1.95 bits per heavy atom. The van der Waals surface area contributed by atoms with Crippen molar-refractivity contribution in [3.8, 4) is 6.01 Å². The molecule has 1 unspecified atom stereocenters. The summed E-state index contributed by atoms with van der Waals surface area (Å²) in [5.74, 6) is 0. The highest BCUT2D eigenvalue weighted by Gasteiger charge is 2.28. The molecule has 22 heavy (non-hydrogen) atoms. The van der Waals surface area contributed by atoms with Crippen molar-refractivity contribution in [2.45, 2.75) is 37.9 Å². The van der Waals surface area contributed by atoms with Gasteiger partial charge in [0, 0.05) is 31.8 Å². The van der Waals surface area contributed by atoms with Crippen molar-refractivity contribution in [1.82, 2.24) is 14.9 Å². The number of ether oxygens (including phenoxy) is 3. The minimum Gasteiger partial charge on any atom is -0.458 e. The van der Waals surface area contributed by atoms with E-state index >= 15 is 0 Å². The van der Waals surface area contributed by atoms with Crippen molar-refractivity contribution in [3.05, 3.63) is 18.5 Å². The highest BCUT2D eigenvalue weighted by Crippen LogP contribution is 2.18. The van der Waals surface area contributed by atoms with Crippen molar-refractivity contribution in [2.75, 3.05) is 26.3 Å². The van der Waals surface area contributed by atoms with Gasteiger partial charge >= 0.3 is 12.1 Å². The average Bonchev–Trinajstić information content (AvgIpc) is 2.57. The molecule has 0 aliphatic carbocycles. The molecule has 0 spiro atoms. The molecule has 120 valence electrons. The molecule has 1 aromatic rings. The molecule has 0 saturated carbocycles. The number of rotatable bonds is 3. The van der Waals surface area contributed by atoms with E-state index in [-0.39, 0.29) is 18.3 Å². The summed E-state index contributed by atoms with van der Waals surface area (Å²) < 4.78 is 16.6. The van der Waals surface area contributed by atoms with Crippen LogP contribution in [0.2, 0.25) is 0 Å². The maximum atomic E-state index is 12.2. The van der Waals surface area contributed by atoms with Crippen LogP contribution in [0.15, 0.2) is 18.5 Å². The second kappa shape index (κ2) is 7.40. The first-order chi connectivity index (χ1) is 10.8. The lowest BCUT2D eigenvalue weighted by Crippen LogP contribution is -2.46. The van der Waals surface area contributed by atoms with Crippen molar-refractivity contribution in [2.24, 2.45) is 0 Å². The lowest BCUT2D eigenvalue weighted by molar-refractivity contribution is -0.0177. The predicted octanol–water partition coefficient (Wildman–Crippen LogP) is 1.64. The number of hydrogen-bond acceptors (Lipinski definition) is 6. The fourth-order valence-electron chi connectivity index (χ4n) is 2.71. The first-order valence-electron chi connectivity index (χ1n) is 7.78. The van der Waals surface area contributed by atoms with Gasteiger partial charge in [0.2, 0.25) is 0 Å². The van der Waals surface area contributed by atoms with Gasteiger partial charge in [-0.15, -0.1) is 0 Å². The molecule has 1 atom stereocenters. The molecule has 2 aliphatic rings. The zero-order valence-corrected chi connectivity index (χ0v) is 12.5. The van der Waals surface area contributed by atoms with E-state index in [9.17, 15) is 4.79 Å². The molecule has 0 aromatic carbocycles. The SMILES string of the molecule is O=C(OC1CCOCC1)N1CCCC(Oc2ncccn2)C1. The minimum absolute atomic E-state index is 0.0278. The van der Waals surface area contributed by atoms with Gasteiger partial charge in [0.05, 0.1) is 19.8 Å². The van der Waals surface area contributed by atoms with Crippen LogP contribution in [-0.4, -0.2) is 59.5 Å². The number of nitrogens with zero attached hydrogens (tertiary/aromatic N) is 3. The van der Waals surface area contributed by atoms with Crippen LogP contribution >= 0.6 is 0 Å². The van der Waals surface area contributed by atoms with Crippen LogP contribution in [0.25, 0.3) is 0 Å². The molecule has 0 bridgehead atoms. The van der Waals surface area contributed by atoms with Gasteiger partial charge in [-0.25, -0.2) is 14.8 Å². The third-order valence-corrected chi connectivity index (χ3v) is 3.89. The largest absolute Gasteiger partial charge is 0.458 e. The number of piperidine rings is 1. The number of hydrogen-bond donors (Lipinski definition) is 0. The van der Waals surface area contributed by atoms with E-state index in [1.807, 2.05) is 0 Å². The van der Waals surface area contributed by atoms with E-state index in [2.05, 4.69) is 9.97 Å². The lowest BCUT2D eigenvalue weighted by atomic mass is 10.1. The van der Waals surface area contributed by atoms with Crippen LogP contribution in [0, 0.1) is 0 Å². The van der Waals surface area contributed by atoms with Crippen LogP contribution in [0.4, 0.5) is 4.79 Å². The molecule has 1 aromatic heterocycles. The fourth-order valence-corrected chi connectivity index (χ4v) is 2.71. The molecular weight excluding hydrogens is 286 g/mol. The van der Waals surface area contributed by atoms with Crippen molar-refractivity contribution < 1.29 is 19.0 Å². The highest BCUT2D eigenvalue weighted by atomic mass is 16.6. The molecule has 1 amide bonds. The highest BCUT2D eigenvalue weighted by molar-refractivity contribution is 5.68. The van der Waals surface area contributed by atoms with E-state index < -0.39 is 0 Å². The van der Waals surface area contributed by atoms with Gasteiger partial charge in [-0.2, -0.15) is 0 Å². The van der Waals surface area contributed by atoms with Gasteiger partial charge in [0.1, 0.15) is 12.2 Å². The van der Waals surface area contributed by atoms with Crippen LogP contribution in [-0.2, 0) is 9.47 Å². The minimum atomic E-state index is -0.255. The maximum Gasteiger partial charge on any atom is 0.410 e. The van der Waals surface area contributed by atoms with Crippen LogP contribution in [0.1, 0.15) is 25.7 Å². The smallest absolute Gasteiger partial charge is 0.410 e. The van der Waals surface area contributed by atoms with Gasteiger partial charge in [0.25, 0.3) is 0 Å². The van der Waals surface area contributed by atoms with Crippen molar-refractivity contribution in [3.63, 3.8) is 0 Å². The standard InChI is InChI=1S/C15H21N3O4/c19-15(22-12-4-9-20-10-5-12)18-8-1-3-13(11-18)21-14-16-6-2-7-17-14/h2,6-7,12-13H,1,3-5,8-11H2. The van der Waals surface area contributed by atoms with Crippen molar-refractivity contribution >= 4 is 6.09 Å². The summed E-state index contributed by atoms with van der Waals surface area (Å²) >= 11 is 0. The average molecular weight is 307 g/mol. The Balaban J connectivity index is 1.50. The third-order valence-electron chi connectivity index (χ3n) is 3.89. The maximum absolute atomic E-state index is 12.2. The lowest BCUT2D eigenvalue weighted by Gasteiger charge is -2.33. The summed E-state index contributed by atoms with van der Waals surface area (Å²) in [5.41, 5.74) is 0. The Labute approximate surface area is 129 Å². The topological polar surface area (TPSA) is 73.8 Å². The van der Waals surface area contributed by atoms with Gasteiger partial charge < -0.3 is 19.1 Å². The van der Waals surface area contributed by atoms with E-state index in [1.165, 1.54) is 0 Å². The normalized spacial score (nSPS) is 23.1. The van der Waals surface area contributed by atoms with Gasteiger partial charge in [-0.1, -0.05) is 0 Å². The summed E-state index contributed by atoms with van der Waals surface area (Å²) in [6.45, 7) is 2.54. The Kier molecular flexibility index (Phi) is 5.05. The first kappa shape index (κ1) is 15.0. The summed E-state index contributed by atoms with van der Waals surface area (Å²) in [6, 6.07) is 2.10. The molecule has 0 radical (unpaired) electrons. The second-order valence-corrected chi connectivity index (χ2v) is 5.55. The van der Waals surface area contributed by atoms with E-state index in [0.717, 1.165) is 25.7 Å². The Hall–Kier alpha value is -1.89. The molecule has 0 N–H and O–H groups in total. The van der Waals surface area contributed by atoms with Gasteiger partial charge in [0.15, 0.2) is 0 Å². The molecule has 2 fully saturated rings. The molecular formula is C15H21N3O4. The predicted molar refractivity (Wildman–Crippen MR) is 77.6 cm³/mol. The van der Waals surface area contributed by atoms with Gasteiger partial charge in [-0.3, -0.25) is 0 Å². The van der Waals surface area contributed by atoms with Crippen LogP contribution in [0.5, 0.6) is 6.01 Å². The Morgan fingerprint density at radius 3 is 2.73 bits per heavy atom. The van der Waals surface area contributed by atoms with E-state index in [0.29, 0.717) is 32.3 Å². The van der Waals surface area contributed by atoms with Crippen LogP contribution < -0.4 is 4.74 Å². The molecule has 2 aliphatic heterocycles. The zero-order valence-electron chi connectivity index (χ0n) is 12.5. The monoisotopic (exact) mass is 307 g/mol. The molecule has 7 heteroatoms. The number of aromatic nitrogens is 2. The molecule has 7 nitrogen and oxygen atoms in total. The zero-order chi connectivity index (χ0) is 15.2. The van der Waals surface area contributed by atoms with Crippen LogP contribution in [0.3, 0.4) is 0 Å². The van der Waals surface area contributed by atoms with Crippen molar-refractivity contribution in [1.29, 1.82) is 0 Å². The summed E-state index contributed by atoms with van der Waals surface area (Å²) in [4.78, 5) is 22.1. The first-order valence-corrected chi connectivity index (χ1v) is 7.78. The number of carbonyl (C=O) groups is 1. The van der Waals surface area contributed by atoms with E-state index in [4.69, 9.17) is 14.2 Å². The number of likely N-dealkylation sites (tertiary alicyclic amines) is 1.